The molecule has 23 heavy (non-hydrogen) atoms. The van der Waals surface area contributed by atoms with Gasteiger partial charge in [-0.3, -0.25) is 14.9 Å². The summed E-state index contributed by atoms with van der Waals surface area (Å²) in [5.74, 6) is -1.11. The fourth-order valence-corrected chi connectivity index (χ4v) is 2.94. The van der Waals surface area contributed by atoms with Gasteiger partial charge in [0.1, 0.15) is 0 Å². The van der Waals surface area contributed by atoms with Crippen molar-refractivity contribution in [2.24, 2.45) is 0 Å². The second kappa shape index (κ2) is 5.57. The highest BCUT2D eigenvalue weighted by Gasteiger charge is 2.34. The lowest BCUT2D eigenvalue weighted by atomic mass is 9.99. The highest BCUT2D eigenvalue weighted by atomic mass is 16.6. The van der Waals surface area contributed by atoms with Gasteiger partial charge in [-0.15, -0.1) is 0 Å². The first-order valence-corrected chi connectivity index (χ1v) is 6.93. The van der Waals surface area contributed by atoms with Crippen molar-refractivity contribution in [2.45, 2.75) is 13.3 Å². The zero-order valence-corrected chi connectivity index (χ0v) is 12.3. The van der Waals surface area contributed by atoms with Crippen LogP contribution in [0, 0.1) is 17.0 Å². The van der Waals surface area contributed by atoms with Gasteiger partial charge in [-0.1, -0.05) is 30.3 Å². The van der Waals surface area contributed by atoms with Crippen LogP contribution in [0.2, 0.25) is 0 Å². The number of nitro groups is 1. The van der Waals surface area contributed by atoms with Crippen LogP contribution in [0.4, 0.5) is 5.69 Å². The Morgan fingerprint density at radius 1 is 1.22 bits per heavy atom. The van der Waals surface area contributed by atoms with E-state index in [0.29, 0.717) is 27.8 Å². The van der Waals surface area contributed by atoms with Crippen LogP contribution in [-0.2, 0) is 11.2 Å². The SMILES string of the molecule is Cc1cocc2c(-c3ccccc3)c([N+](=O)[O-])c(CC(=O)O)c1-2. The highest BCUT2D eigenvalue weighted by molar-refractivity contribution is 5.99. The molecule has 3 rings (SSSR count). The molecule has 1 aromatic carbocycles. The molecule has 1 aromatic rings. The summed E-state index contributed by atoms with van der Waals surface area (Å²) >= 11 is 0. The van der Waals surface area contributed by atoms with Crippen LogP contribution >= 0.6 is 0 Å². The molecule has 0 atom stereocenters. The van der Waals surface area contributed by atoms with Crippen LogP contribution in [-0.4, -0.2) is 16.0 Å². The molecule has 0 radical (unpaired) electrons. The van der Waals surface area contributed by atoms with E-state index in [2.05, 4.69) is 0 Å². The quantitative estimate of drug-likeness (QED) is 0.582. The van der Waals surface area contributed by atoms with Crippen molar-refractivity contribution in [3.8, 4) is 22.3 Å². The number of rotatable bonds is 4. The lowest BCUT2D eigenvalue weighted by Crippen LogP contribution is -2.03. The van der Waals surface area contributed by atoms with E-state index in [1.165, 1.54) is 12.5 Å². The first kappa shape index (κ1) is 14.8. The normalized spacial score (nSPS) is 10.8. The molecule has 6 nitrogen and oxygen atoms in total. The molecule has 0 unspecified atom stereocenters. The van der Waals surface area contributed by atoms with Gasteiger partial charge >= 0.3 is 5.97 Å². The third kappa shape index (κ3) is 2.44. The summed E-state index contributed by atoms with van der Waals surface area (Å²) in [6.07, 6.45) is 2.49. The molecular formula is C17H13NO5. The molecule has 1 aliphatic carbocycles. The standard InChI is InChI=1S/C17H13NO5/c1-10-8-23-9-13-15(10)12(7-14(19)20)17(18(21)22)16(13)11-5-3-2-4-6-11/h2-6,8-9H,7H2,1H3,(H,19,20). The minimum atomic E-state index is -1.11. The molecule has 2 aliphatic rings. The summed E-state index contributed by atoms with van der Waals surface area (Å²) in [4.78, 5) is 22.3. The van der Waals surface area contributed by atoms with Crippen molar-refractivity contribution < 1.29 is 19.2 Å². The number of carboxylic acid groups (broad SMARTS) is 1. The minimum Gasteiger partial charge on any atom is -0.481 e. The average Bonchev–Trinajstić information content (AvgIpc) is 2.83. The first-order valence-electron chi connectivity index (χ1n) is 6.93. The molecule has 0 amide bonds. The van der Waals surface area contributed by atoms with Crippen molar-refractivity contribution >= 4 is 11.7 Å². The number of fused-ring (bicyclic) bond motifs is 1. The van der Waals surface area contributed by atoms with Gasteiger partial charge in [0.2, 0.25) is 0 Å². The predicted octanol–water partition coefficient (Wildman–Crippen LogP) is 3.90. The van der Waals surface area contributed by atoms with E-state index < -0.39 is 17.3 Å². The Morgan fingerprint density at radius 3 is 2.52 bits per heavy atom. The Morgan fingerprint density at radius 2 is 1.91 bits per heavy atom. The van der Waals surface area contributed by atoms with Gasteiger partial charge in [0, 0.05) is 16.7 Å². The molecule has 6 heteroatoms. The van der Waals surface area contributed by atoms with E-state index in [1.807, 2.05) is 6.07 Å². The topological polar surface area (TPSA) is 93.6 Å². The molecule has 0 saturated heterocycles. The molecule has 1 N–H and O–H groups in total. The lowest BCUT2D eigenvalue weighted by molar-refractivity contribution is -0.384. The number of carboxylic acids is 1. The van der Waals surface area contributed by atoms with Gasteiger partial charge in [0.15, 0.2) is 0 Å². The maximum Gasteiger partial charge on any atom is 0.308 e. The van der Waals surface area contributed by atoms with Crippen LogP contribution in [0.25, 0.3) is 22.3 Å². The van der Waals surface area contributed by atoms with E-state index >= 15 is 0 Å². The maximum absolute atomic E-state index is 11.7. The molecule has 0 bridgehead atoms. The second-order valence-corrected chi connectivity index (χ2v) is 5.24. The molecular weight excluding hydrogens is 298 g/mol. The van der Waals surface area contributed by atoms with E-state index in [-0.39, 0.29) is 11.3 Å². The van der Waals surface area contributed by atoms with Gasteiger partial charge in [0.05, 0.1) is 29.4 Å². The van der Waals surface area contributed by atoms with Crippen LogP contribution in [0.3, 0.4) is 0 Å². The van der Waals surface area contributed by atoms with Crippen molar-refractivity contribution in [1.82, 2.24) is 0 Å². The van der Waals surface area contributed by atoms with Crippen molar-refractivity contribution in [2.75, 3.05) is 0 Å². The Kier molecular flexibility index (Phi) is 3.57. The summed E-state index contributed by atoms with van der Waals surface area (Å²) < 4.78 is 5.27. The van der Waals surface area contributed by atoms with Crippen molar-refractivity contribution in [1.29, 1.82) is 0 Å². The van der Waals surface area contributed by atoms with Gasteiger partial charge in [-0.2, -0.15) is 0 Å². The lowest BCUT2D eigenvalue weighted by Gasteiger charge is -2.05. The number of benzene rings is 1. The van der Waals surface area contributed by atoms with Crippen molar-refractivity contribution in [3.05, 3.63) is 64.1 Å². The molecule has 1 heterocycles. The predicted molar refractivity (Wildman–Crippen MR) is 83.5 cm³/mol. The van der Waals surface area contributed by atoms with Crippen LogP contribution in [0.15, 0.2) is 47.3 Å². The summed E-state index contributed by atoms with van der Waals surface area (Å²) in [6.45, 7) is 1.75. The molecule has 0 saturated carbocycles. The van der Waals surface area contributed by atoms with Gasteiger partial charge < -0.3 is 9.52 Å². The molecule has 0 spiro atoms. The molecule has 1 aliphatic heterocycles. The maximum atomic E-state index is 11.7. The van der Waals surface area contributed by atoms with Crippen molar-refractivity contribution in [3.63, 3.8) is 0 Å². The summed E-state index contributed by atoms with van der Waals surface area (Å²) in [5, 5.41) is 20.8. The number of carbonyl (C=O) groups is 1. The fourth-order valence-electron chi connectivity index (χ4n) is 2.94. The van der Waals surface area contributed by atoms with E-state index in [0.717, 1.165) is 0 Å². The monoisotopic (exact) mass is 311 g/mol. The van der Waals surface area contributed by atoms with E-state index in [9.17, 15) is 14.9 Å². The van der Waals surface area contributed by atoms with E-state index in [1.54, 1.807) is 31.2 Å². The highest BCUT2D eigenvalue weighted by Crippen LogP contribution is 2.49. The molecule has 0 fully saturated rings. The van der Waals surface area contributed by atoms with Crippen LogP contribution in [0.5, 0.6) is 0 Å². The third-order valence-electron chi connectivity index (χ3n) is 3.76. The molecule has 0 aromatic heterocycles. The zero-order valence-electron chi connectivity index (χ0n) is 12.3. The Balaban J connectivity index is 2.43. The number of nitrogens with zero attached hydrogens (tertiary/aromatic N) is 1. The van der Waals surface area contributed by atoms with Crippen LogP contribution < -0.4 is 0 Å². The number of hydrogen-bond acceptors (Lipinski definition) is 4. The smallest absolute Gasteiger partial charge is 0.308 e. The van der Waals surface area contributed by atoms with Gasteiger partial charge in [-0.05, 0) is 18.1 Å². The average molecular weight is 311 g/mol. The third-order valence-corrected chi connectivity index (χ3v) is 3.76. The summed E-state index contributed by atoms with van der Waals surface area (Å²) in [7, 11) is 0. The Bertz CT molecular complexity index is 866. The fraction of sp³-hybridized carbons (Fsp3) is 0.118. The number of aryl methyl sites for hydroxylation is 1. The molecule has 116 valence electrons. The first-order chi connectivity index (χ1) is 11.0. The Labute approximate surface area is 131 Å². The summed E-state index contributed by atoms with van der Waals surface area (Å²) in [6, 6.07) is 8.89. The van der Waals surface area contributed by atoms with Gasteiger partial charge in [-0.25, -0.2) is 0 Å². The summed E-state index contributed by atoms with van der Waals surface area (Å²) in [5.41, 5.74) is 2.89. The number of aliphatic carboxylic acids is 1. The van der Waals surface area contributed by atoms with Crippen LogP contribution in [0.1, 0.15) is 11.1 Å². The second-order valence-electron chi connectivity index (χ2n) is 5.24. The van der Waals surface area contributed by atoms with E-state index in [4.69, 9.17) is 9.52 Å². The largest absolute Gasteiger partial charge is 0.481 e. The number of hydrogen-bond donors (Lipinski definition) is 1. The van der Waals surface area contributed by atoms with Gasteiger partial charge in [0.25, 0.3) is 5.69 Å². The Hall–Kier alpha value is -3.15. The zero-order chi connectivity index (χ0) is 16.6. The minimum absolute atomic E-state index is 0.168.